The molecule has 21 heavy (non-hydrogen) atoms. The van der Waals surface area contributed by atoms with E-state index < -0.39 is 11.8 Å². The van der Waals surface area contributed by atoms with Crippen molar-refractivity contribution in [1.29, 1.82) is 0 Å². The molecule has 6 heteroatoms. The van der Waals surface area contributed by atoms with Crippen LogP contribution in [0.3, 0.4) is 0 Å². The number of carbonyl (C=O) groups excluding carboxylic acids is 2. The quantitative estimate of drug-likeness (QED) is 0.566. The van der Waals surface area contributed by atoms with Gasteiger partial charge in [-0.15, -0.1) is 0 Å². The summed E-state index contributed by atoms with van der Waals surface area (Å²) >= 11 is 0. The summed E-state index contributed by atoms with van der Waals surface area (Å²) in [7, 11) is 0. The molecule has 0 bridgehead atoms. The van der Waals surface area contributed by atoms with Crippen molar-refractivity contribution in [3.63, 3.8) is 0 Å². The molecule has 1 saturated heterocycles. The van der Waals surface area contributed by atoms with Crippen molar-refractivity contribution in [3.05, 3.63) is 0 Å². The average molecular weight is 297 g/mol. The highest BCUT2D eigenvalue weighted by Crippen LogP contribution is 2.17. The van der Waals surface area contributed by atoms with Crippen LogP contribution in [-0.4, -0.2) is 72.1 Å². The molecule has 0 atom stereocenters. The van der Waals surface area contributed by atoms with Crippen LogP contribution in [0, 0.1) is 0 Å². The van der Waals surface area contributed by atoms with Gasteiger partial charge in [-0.05, 0) is 12.8 Å². The summed E-state index contributed by atoms with van der Waals surface area (Å²) in [4.78, 5) is 28.0. The fourth-order valence-corrected chi connectivity index (χ4v) is 3.13. The largest absolute Gasteiger partial charge is 0.395 e. The van der Waals surface area contributed by atoms with Crippen LogP contribution in [0.1, 0.15) is 38.5 Å². The summed E-state index contributed by atoms with van der Waals surface area (Å²) in [6.07, 6.45) is 6.71. The Labute approximate surface area is 126 Å². The highest BCUT2D eigenvalue weighted by atomic mass is 16.3. The Hall–Kier alpha value is -1.14. The van der Waals surface area contributed by atoms with Gasteiger partial charge in [0.2, 0.25) is 0 Å². The number of amides is 2. The standard InChI is InChI=1S/C15H27N3O3/c19-12-11-17-7-9-18(10-8-17)15(21)14(20)16-13-5-3-1-2-4-6-13/h13,19H,1-12H2,(H,16,20). The number of aliphatic hydroxyl groups excluding tert-OH is 1. The minimum Gasteiger partial charge on any atom is -0.395 e. The zero-order valence-corrected chi connectivity index (χ0v) is 12.7. The predicted molar refractivity (Wildman–Crippen MR) is 79.7 cm³/mol. The number of nitrogens with one attached hydrogen (secondary N) is 1. The van der Waals surface area contributed by atoms with Crippen LogP contribution >= 0.6 is 0 Å². The topological polar surface area (TPSA) is 72.9 Å². The third-order valence-corrected chi connectivity index (χ3v) is 4.46. The molecule has 2 aliphatic rings. The Morgan fingerprint density at radius 1 is 1.00 bits per heavy atom. The Balaban J connectivity index is 1.75. The predicted octanol–water partition coefficient (Wildman–Crippen LogP) is -0.0381. The first kappa shape index (κ1) is 16.2. The second-order valence-corrected chi connectivity index (χ2v) is 6.02. The highest BCUT2D eigenvalue weighted by Gasteiger charge is 2.27. The van der Waals surface area contributed by atoms with E-state index in [0.29, 0.717) is 19.6 Å². The van der Waals surface area contributed by atoms with Crippen LogP contribution in [0.2, 0.25) is 0 Å². The van der Waals surface area contributed by atoms with Crippen LogP contribution in [0.25, 0.3) is 0 Å². The molecule has 0 aromatic rings. The van der Waals surface area contributed by atoms with Gasteiger partial charge in [0, 0.05) is 38.8 Å². The lowest BCUT2D eigenvalue weighted by Crippen LogP contribution is -2.54. The van der Waals surface area contributed by atoms with E-state index in [-0.39, 0.29) is 12.6 Å². The van der Waals surface area contributed by atoms with E-state index in [1.807, 2.05) is 0 Å². The first-order valence-electron chi connectivity index (χ1n) is 8.13. The molecule has 1 heterocycles. The van der Waals surface area contributed by atoms with Gasteiger partial charge in [0.15, 0.2) is 0 Å². The molecule has 0 radical (unpaired) electrons. The second-order valence-electron chi connectivity index (χ2n) is 6.02. The number of hydrogen-bond acceptors (Lipinski definition) is 4. The van der Waals surface area contributed by atoms with Gasteiger partial charge in [-0.2, -0.15) is 0 Å². The van der Waals surface area contributed by atoms with Gasteiger partial charge >= 0.3 is 11.8 Å². The van der Waals surface area contributed by atoms with Crippen molar-refractivity contribution >= 4 is 11.8 Å². The maximum absolute atomic E-state index is 12.2. The maximum Gasteiger partial charge on any atom is 0.311 e. The minimum absolute atomic E-state index is 0.135. The third-order valence-electron chi connectivity index (χ3n) is 4.46. The van der Waals surface area contributed by atoms with Crippen molar-refractivity contribution in [2.75, 3.05) is 39.3 Å². The number of nitrogens with zero attached hydrogens (tertiary/aromatic N) is 2. The molecule has 2 amide bonds. The fourth-order valence-electron chi connectivity index (χ4n) is 3.13. The summed E-state index contributed by atoms with van der Waals surface area (Å²) in [5.41, 5.74) is 0. The number of β-amino-alcohol motifs (C(OH)–C–C–N with tert-alkyl or cyclic N) is 1. The Bertz CT molecular complexity index is 346. The Morgan fingerprint density at radius 3 is 2.19 bits per heavy atom. The van der Waals surface area contributed by atoms with Crippen molar-refractivity contribution in [3.8, 4) is 0 Å². The van der Waals surface area contributed by atoms with Crippen LogP contribution in [0.5, 0.6) is 0 Å². The summed E-state index contributed by atoms with van der Waals surface area (Å²) < 4.78 is 0. The van der Waals surface area contributed by atoms with E-state index in [9.17, 15) is 9.59 Å². The lowest BCUT2D eigenvalue weighted by atomic mass is 10.1. The van der Waals surface area contributed by atoms with Gasteiger partial charge in [-0.25, -0.2) is 0 Å². The summed E-state index contributed by atoms with van der Waals surface area (Å²) in [6.45, 7) is 3.35. The first-order chi connectivity index (χ1) is 10.2. The highest BCUT2D eigenvalue weighted by molar-refractivity contribution is 6.35. The van der Waals surface area contributed by atoms with Crippen molar-refractivity contribution in [2.45, 2.75) is 44.6 Å². The molecule has 1 aliphatic carbocycles. The van der Waals surface area contributed by atoms with Gasteiger partial charge in [0.05, 0.1) is 6.61 Å². The van der Waals surface area contributed by atoms with Gasteiger partial charge in [-0.1, -0.05) is 25.7 Å². The van der Waals surface area contributed by atoms with Crippen LogP contribution < -0.4 is 5.32 Å². The lowest BCUT2D eigenvalue weighted by molar-refractivity contribution is -0.147. The summed E-state index contributed by atoms with van der Waals surface area (Å²) in [5.74, 6) is -0.847. The van der Waals surface area contributed by atoms with Crippen molar-refractivity contribution < 1.29 is 14.7 Å². The average Bonchev–Trinajstić information content (AvgIpc) is 2.76. The van der Waals surface area contributed by atoms with Gasteiger partial charge in [0.25, 0.3) is 0 Å². The van der Waals surface area contributed by atoms with E-state index in [2.05, 4.69) is 10.2 Å². The number of carbonyl (C=O) groups is 2. The molecule has 0 aromatic carbocycles. The molecule has 6 nitrogen and oxygen atoms in total. The monoisotopic (exact) mass is 297 g/mol. The molecule has 2 fully saturated rings. The summed E-state index contributed by atoms with van der Waals surface area (Å²) in [5, 5.41) is 11.8. The van der Waals surface area contributed by atoms with E-state index in [1.54, 1.807) is 4.90 Å². The molecule has 2 rings (SSSR count). The molecule has 0 aromatic heterocycles. The van der Waals surface area contributed by atoms with E-state index in [0.717, 1.165) is 38.8 Å². The molecule has 1 saturated carbocycles. The molecule has 1 aliphatic heterocycles. The zero-order valence-electron chi connectivity index (χ0n) is 12.7. The van der Waals surface area contributed by atoms with E-state index >= 15 is 0 Å². The molecule has 0 spiro atoms. The molecular formula is C15H27N3O3. The zero-order chi connectivity index (χ0) is 15.1. The van der Waals surface area contributed by atoms with Crippen molar-refractivity contribution in [2.24, 2.45) is 0 Å². The second kappa shape index (κ2) is 8.34. The normalized spacial score (nSPS) is 21.9. The maximum atomic E-state index is 12.2. The minimum atomic E-state index is -0.447. The number of hydrogen-bond donors (Lipinski definition) is 2. The smallest absolute Gasteiger partial charge is 0.311 e. The molecule has 2 N–H and O–H groups in total. The summed E-state index contributed by atoms with van der Waals surface area (Å²) in [6, 6.07) is 0.166. The van der Waals surface area contributed by atoms with Crippen LogP contribution in [-0.2, 0) is 9.59 Å². The van der Waals surface area contributed by atoms with Crippen LogP contribution in [0.15, 0.2) is 0 Å². The Kier molecular flexibility index (Phi) is 6.45. The number of piperazine rings is 1. The van der Waals surface area contributed by atoms with Gasteiger partial charge < -0.3 is 15.3 Å². The van der Waals surface area contributed by atoms with E-state index in [4.69, 9.17) is 5.11 Å². The third kappa shape index (κ3) is 4.97. The van der Waals surface area contributed by atoms with E-state index in [1.165, 1.54) is 12.8 Å². The molecule has 0 unspecified atom stereocenters. The number of rotatable bonds is 3. The SMILES string of the molecule is O=C(NC1CCCCCC1)C(=O)N1CCN(CCO)CC1. The number of aliphatic hydroxyl groups is 1. The fraction of sp³-hybridized carbons (Fsp3) is 0.867. The first-order valence-corrected chi connectivity index (χ1v) is 8.13. The van der Waals surface area contributed by atoms with Crippen LogP contribution in [0.4, 0.5) is 0 Å². The molecule has 120 valence electrons. The Morgan fingerprint density at radius 2 is 1.62 bits per heavy atom. The lowest BCUT2D eigenvalue weighted by Gasteiger charge is -2.34. The van der Waals surface area contributed by atoms with Crippen molar-refractivity contribution in [1.82, 2.24) is 15.1 Å². The molecular weight excluding hydrogens is 270 g/mol. The van der Waals surface area contributed by atoms with Gasteiger partial charge in [0.1, 0.15) is 0 Å². The van der Waals surface area contributed by atoms with Gasteiger partial charge in [-0.3, -0.25) is 14.5 Å².